The largest absolute Gasteiger partial charge is 0.339 e. The number of carbonyl (C=O) groups excluding carboxylic acids is 1. The zero-order chi connectivity index (χ0) is 14.0. The van der Waals surface area contributed by atoms with Crippen LogP contribution in [0.1, 0.15) is 35.7 Å². The van der Waals surface area contributed by atoms with E-state index in [9.17, 15) is 4.79 Å². The van der Waals surface area contributed by atoms with Crippen LogP contribution in [0.25, 0.3) is 0 Å². The van der Waals surface area contributed by atoms with Gasteiger partial charge in [0.1, 0.15) is 0 Å². The van der Waals surface area contributed by atoms with Crippen LogP contribution >= 0.6 is 27.5 Å². The van der Waals surface area contributed by atoms with Crippen molar-refractivity contribution < 1.29 is 4.79 Å². The molecular formula is C15H19BrClNO. The number of hydrogen-bond acceptors (Lipinski definition) is 1. The first kappa shape index (κ1) is 14.9. The lowest BCUT2D eigenvalue weighted by molar-refractivity contribution is 0.0690. The van der Waals surface area contributed by atoms with E-state index in [1.54, 1.807) is 0 Å². The highest BCUT2D eigenvalue weighted by atomic mass is 79.9. The van der Waals surface area contributed by atoms with Crippen molar-refractivity contribution in [3.63, 3.8) is 0 Å². The number of halogens is 2. The molecule has 19 heavy (non-hydrogen) atoms. The fourth-order valence-corrected chi connectivity index (χ4v) is 3.46. The second-order valence-electron chi connectivity index (χ2n) is 5.32. The van der Waals surface area contributed by atoms with Gasteiger partial charge in [-0.1, -0.05) is 15.9 Å². The van der Waals surface area contributed by atoms with Gasteiger partial charge in [0.25, 0.3) is 5.91 Å². The molecule has 0 aliphatic carbocycles. The maximum atomic E-state index is 12.5. The third-order valence-electron chi connectivity index (χ3n) is 3.77. The molecule has 0 N–H and O–H groups in total. The van der Waals surface area contributed by atoms with Crippen LogP contribution in [0.3, 0.4) is 0 Å². The number of hydrogen-bond donors (Lipinski definition) is 0. The van der Waals surface area contributed by atoms with Crippen molar-refractivity contribution in [1.29, 1.82) is 0 Å². The number of alkyl halides is 1. The third-order valence-corrected chi connectivity index (χ3v) is 4.58. The molecule has 1 aromatic carbocycles. The van der Waals surface area contributed by atoms with Gasteiger partial charge < -0.3 is 4.90 Å². The monoisotopic (exact) mass is 343 g/mol. The summed E-state index contributed by atoms with van der Waals surface area (Å²) in [7, 11) is 0. The number of amides is 1. The minimum atomic E-state index is 0.130. The summed E-state index contributed by atoms with van der Waals surface area (Å²) in [6, 6.07) is 5.85. The lowest BCUT2D eigenvalue weighted by Crippen LogP contribution is -2.40. The summed E-state index contributed by atoms with van der Waals surface area (Å²) in [4.78, 5) is 14.4. The molecular weight excluding hydrogens is 326 g/mol. The van der Waals surface area contributed by atoms with Crippen LogP contribution in [-0.4, -0.2) is 29.3 Å². The molecule has 0 aromatic heterocycles. The second-order valence-corrected chi connectivity index (χ2v) is 6.93. The first-order valence-electron chi connectivity index (χ1n) is 6.68. The average molecular weight is 345 g/mol. The number of aryl methyl sites for hydroxylation is 1. The van der Waals surface area contributed by atoms with E-state index < -0.39 is 0 Å². The summed E-state index contributed by atoms with van der Waals surface area (Å²) in [5, 5.41) is 0.199. The van der Waals surface area contributed by atoms with Crippen LogP contribution in [0.15, 0.2) is 22.7 Å². The molecule has 1 aliphatic heterocycles. The predicted molar refractivity (Wildman–Crippen MR) is 82.8 cm³/mol. The lowest BCUT2D eigenvalue weighted by Gasteiger charge is -2.33. The Hall–Kier alpha value is -0.540. The maximum Gasteiger partial charge on any atom is 0.253 e. The first-order chi connectivity index (χ1) is 8.97. The van der Waals surface area contributed by atoms with Crippen LogP contribution in [0.5, 0.6) is 0 Å². The van der Waals surface area contributed by atoms with Crippen molar-refractivity contribution in [2.75, 3.05) is 13.1 Å². The molecule has 4 heteroatoms. The molecule has 2 rings (SSSR count). The molecule has 1 heterocycles. The molecule has 1 aromatic rings. The van der Waals surface area contributed by atoms with E-state index in [0.29, 0.717) is 5.92 Å². The molecule has 1 amide bonds. The molecule has 0 spiro atoms. The Balaban J connectivity index is 2.05. The van der Waals surface area contributed by atoms with Crippen LogP contribution in [0.4, 0.5) is 0 Å². The number of benzene rings is 1. The molecule has 0 radical (unpaired) electrons. The van der Waals surface area contributed by atoms with Gasteiger partial charge in [-0.2, -0.15) is 0 Å². The van der Waals surface area contributed by atoms with Crippen LogP contribution in [0.2, 0.25) is 0 Å². The Bertz CT molecular complexity index is 447. The Kier molecular flexibility index (Phi) is 4.91. The highest BCUT2D eigenvalue weighted by Crippen LogP contribution is 2.25. The number of rotatable bonds is 2. The van der Waals surface area contributed by atoms with Crippen LogP contribution in [-0.2, 0) is 0 Å². The highest BCUT2D eigenvalue weighted by molar-refractivity contribution is 9.10. The minimum absolute atomic E-state index is 0.130. The minimum Gasteiger partial charge on any atom is -0.339 e. The zero-order valence-corrected chi connectivity index (χ0v) is 13.7. The van der Waals surface area contributed by atoms with E-state index in [1.165, 1.54) is 0 Å². The van der Waals surface area contributed by atoms with Crippen molar-refractivity contribution in [3.05, 3.63) is 33.8 Å². The summed E-state index contributed by atoms with van der Waals surface area (Å²) in [5.74, 6) is 0.667. The van der Waals surface area contributed by atoms with Crippen LogP contribution in [0, 0.1) is 12.8 Å². The molecule has 0 bridgehead atoms. The van der Waals surface area contributed by atoms with Gasteiger partial charge in [0, 0.05) is 28.5 Å². The van der Waals surface area contributed by atoms with Gasteiger partial charge in [-0.05, 0) is 56.4 Å². The SMILES string of the molecule is Cc1cc(Br)cc(C(=O)N2CCC(C(C)Cl)CC2)c1. The summed E-state index contributed by atoms with van der Waals surface area (Å²) in [6.45, 7) is 5.67. The van der Waals surface area contributed by atoms with Crippen LogP contribution < -0.4 is 0 Å². The van der Waals surface area contributed by atoms with Gasteiger partial charge in [0.15, 0.2) is 0 Å². The van der Waals surface area contributed by atoms with E-state index in [0.717, 1.165) is 41.5 Å². The Morgan fingerprint density at radius 3 is 2.53 bits per heavy atom. The number of likely N-dealkylation sites (tertiary alicyclic amines) is 1. The summed E-state index contributed by atoms with van der Waals surface area (Å²) >= 11 is 9.58. The molecule has 1 fully saturated rings. The van der Waals surface area contributed by atoms with Gasteiger partial charge in [-0.25, -0.2) is 0 Å². The Morgan fingerprint density at radius 2 is 2.00 bits per heavy atom. The number of carbonyl (C=O) groups is 1. The first-order valence-corrected chi connectivity index (χ1v) is 7.91. The van der Waals surface area contributed by atoms with Crippen molar-refractivity contribution in [3.8, 4) is 0 Å². The average Bonchev–Trinajstić information content (AvgIpc) is 2.37. The smallest absolute Gasteiger partial charge is 0.253 e. The molecule has 1 saturated heterocycles. The summed E-state index contributed by atoms with van der Waals surface area (Å²) < 4.78 is 0.958. The lowest BCUT2D eigenvalue weighted by atomic mass is 9.93. The fourth-order valence-electron chi connectivity index (χ4n) is 2.60. The summed E-state index contributed by atoms with van der Waals surface area (Å²) in [6.07, 6.45) is 2.01. The van der Waals surface area contributed by atoms with Crippen molar-refractivity contribution in [2.45, 2.75) is 32.1 Å². The number of piperidine rings is 1. The fraction of sp³-hybridized carbons (Fsp3) is 0.533. The summed E-state index contributed by atoms with van der Waals surface area (Å²) in [5.41, 5.74) is 1.87. The van der Waals surface area contributed by atoms with Crippen molar-refractivity contribution >= 4 is 33.4 Å². The second kappa shape index (κ2) is 6.27. The quantitative estimate of drug-likeness (QED) is 0.735. The number of nitrogens with zero attached hydrogens (tertiary/aromatic N) is 1. The molecule has 1 aliphatic rings. The Morgan fingerprint density at radius 1 is 1.37 bits per heavy atom. The topological polar surface area (TPSA) is 20.3 Å². The van der Waals surface area contributed by atoms with E-state index >= 15 is 0 Å². The maximum absolute atomic E-state index is 12.5. The van der Waals surface area contributed by atoms with E-state index in [-0.39, 0.29) is 11.3 Å². The zero-order valence-electron chi connectivity index (χ0n) is 11.3. The third kappa shape index (κ3) is 3.73. The normalized spacial score (nSPS) is 18.4. The van der Waals surface area contributed by atoms with E-state index in [4.69, 9.17) is 11.6 Å². The molecule has 1 unspecified atom stereocenters. The van der Waals surface area contributed by atoms with Gasteiger partial charge >= 0.3 is 0 Å². The van der Waals surface area contributed by atoms with Gasteiger partial charge in [0.05, 0.1) is 0 Å². The molecule has 1 atom stereocenters. The Labute approximate surface area is 128 Å². The van der Waals surface area contributed by atoms with Gasteiger partial charge in [0.2, 0.25) is 0 Å². The van der Waals surface area contributed by atoms with E-state index in [1.807, 2.05) is 36.9 Å². The van der Waals surface area contributed by atoms with Crippen molar-refractivity contribution in [2.24, 2.45) is 5.92 Å². The highest BCUT2D eigenvalue weighted by Gasteiger charge is 2.26. The molecule has 104 valence electrons. The van der Waals surface area contributed by atoms with Gasteiger partial charge in [-0.15, -0.1) is 11.6 Å². The molecule has 0 saturated carbocycles. The van der Waals surface area contributed by atoms with Crippen molar-refractivity contribution in [1.82, 2.24) is 4.90 Å². The standard InChI is InChI=1S/C15H19BrClNO/c1-10-7-13(9-14(16)8-10)15(19)18-5-3-12(4-6-18)11(2)17/h7-9,11-12H,3-6H2,1-2H3. The predicted octanol–water partition coefficient (Wildman–Crippen LogP) is 4.24. The molecule has 2 nitrogen and oxygen atoms in total. The van der Waals surface area contributed by atoms with E-state index in [2.05, 4.69) is 15.9 Å². The van der Waals surface area contributed by atoms with Gasteiger partial charge in [-0.3, -0.25) is 4.79 Å².